The molecule has 1 aliphatic rings. The molecule has 0 saturated carbocycles. The zero-order valence-corrected chi connectivity index (χ0v) is 13.5. The fourth-order valence-corrected chi connectivity index (χ4v) is 3.12. The van der Waals surface area contributed by atoms with Crippen molar-refractivity contribution in [1.82, 2.24) is 9.55 Å². The molecule has 1 aromatic heterocycles. The molecule has 1 aliphatic heterocycles. The number of thiol groups is 1. The molecular formula is C14H14Cl2N2O2S. The van der Waals surface area contributed by atoms with Gasteiger partial charge in [-0.1, -0.05) is 29.3 Å². The molecule has 7 heteroatoms. The third-order valence-corrected chi connectivity index (χ3v) is 4.31. The number of benzene rings is 1. The fourth-order valence-electron chi connectivity index (χ4n) is 2.38. The van der Waals surface area contributed by atoms with Crippen molar-refractivity contribution in [2.45, 2.75) is 18.4 Å². The van der Waals surface area contributed by atoms with Gasteiger partial charge in [-0.25, -0.2) is 4.98 Å². The van der Waals surface area contributed by atoms with E-state index in [1.807, 2.05) is 16.8 Å². The fraction of sp³-hybridized carbons (Fsp3) is 0.357. The average molecular weight is 345 g/mol. The van der Waals surface area contributed by atoms with Gasteiger partial charge in [0, 0.05) is 28.7 Å². The van der Waals surface area contributed by atoms with Gasteiger partial charge in [0.1, 0.15) is 0 Å². The van der Waals surface area contributed by atoms with Crippen molar-refractivity contribution in [2.24, 2.45) is 0 Å². The molecule has 2 heterocycles. The Kier molecular flexibility index (Phi) is 4.47. The van der Waals surface area contributed by atoms with Gasteiger partial charge < -0.3 is 14.0 Å². The molecule has 1 fully saturated rings. The Balaban J connectivity index is 1.99. The van der Waals surface area contributed by atoms with E-state index in [0.717, 1.165) is 5.56 Å². The molecule has 4 nitrogen and oxygen atoms in total. The predicted octanol–water partition coefficient (Wildman–Crippen LogP) is 3.39. The maximum absolute atomic E-state index is 6.34. The van der Waals surface area contributed by atoms with Crippen molar-refractivity contribution in [3.8, 4) is 0 Å². The minimum atomic E-state index is -0.949. The first-order chi connectivity index (χ1) is 10.1. The number of ether oxygens (including phenoxy) is 2. The van der Waals surface area contributed by atoms with E-state index in [-0.39, 0.29) is 6.10 Å². The van der Waals surface area contributed by atoms with Crippen LogP contribution in [-0.2, 0) is 21.8 Å². The van der Waals surface area contributed by atoms with Crippen LogP contribution < -0.4 is 0 Å². The Labute approximate surface area is 138 Å². The Morgan fingerprint density at radius 2 is 2.29 bits per heavy atom. The van der Waals surface area contributed by atoms with Gasteiger partial charge >= 0.3 is 0 Å². The molecule has 112 valence electrons. The minimum absolute atomic E-state index is 0.0800. The van der Waals surface area contributed by atoms with E-state index in [0.29, 0.717) is 28.9 Å². The summed E-state index contributed by atoms with van der Waals surface area (Å²) < 4.78 is 14.0. The Morgan fingerprint density at radius 1 is 1.43 bits per heavy atom. The normalized spacial score (nSPS) is 25.4. The van der Waals surface area contributed by atoms with Crippen LogP contribution in [0.25, 0.3) is 0 Å². The standard InChI is InChI=1S/C14H14Cl2N2O2S/c15-10-1-2-12(13(16)5-10)14(8-18-4-3-17-9-18)19-6-11(7-21)20-14/h1-5,9,11,21H,6-8H2/t11-,14-/m1/s1. The molecule has 0 unspecified atom stereocenters. The number of halogens is 2. The third-order valence-electron chi connectivity index (χ3n) is 3.35. The molecule has 0 radical (unpaired) electrons. The molecule has 3 rings (SSSR count). The van der Waals surface area contributed by atoms with Crippen molar-refractivity contribution >= 4 is 35.8 Å². The van der Waals surface area contributed by atoms with Crippen LogP contribution >= 0.6 is 35.8 Å². The van der Waals surface area contributed by atoms with Crippen LogP contribution in [-0.4, -0.2) is 28.0 Å². The minimum Gasteiger partial charge on any atom is -0.342 e. The summed E-state index contributed by atoms with van der Waals surface area (Å²) in [5.41, 5.74) is 0.756. The number of hydrogen-bond donors (Lipinski definition) is 1. The number of imidazole rings is 1. The van der Waals surface area contributed by atoms with Gasteiger partial charge in [0.15, 0.2) is 0 Å². The molecule has 0 N–H and O–H groups in total. The average Bonchev–Trinajstić information content (AvgIpc) is 3.09. The van der Waals surface area contributed by atoms with Gasteiger partial charge in [0.25, 0.3) is 0 Å². The first kappa shape index (κ1) is 15.2. The molecule has 0 bridgehead atoms. The van der Waals surface area contributed by atoms with E-state index >= 15 is 0 Å². The van der Waals surface area contributed by atoms with Crippen LogP contribution in [0.15, 0.2) is 36.9 Å². The van der Waals surface area contributed by atoms with Gasteiger partial charge in [0.2, 0.25) is 5.79 Å². The lowest BCUT2D eigenvalue weighted by molar-refractivity contribution is -0.184. The van der Waals surface area contributed by atoms with Crippen molar-refractivity contribution in [3.05, 3.63) is 52.5 Å². The topological polar surface area (TPSA) is 36.3 Å². The van der Waals surface area contributed by atoms with Crippen molar-refractivity contribution in [3.63, 3.8) is 0 Å². The van der Waals surface area contributed by atoms with Crippen LogP contribution in [0.3, 0.4) is 0 Å². The summed E-state index contributed by atoms with van der Waals surface area (Å²) in [5, 5.41) is 1.09. The number of rotatable bonds is 4. The second-order valence-electron chi connectivity index (χ2n) is 4.85. The SMILES string of the molecule is SC[C@H]1CO[C@@](Cn2ccnc2)(c2ccc(Cl)cc2Cl)O1. The van der Waals surface area contributed by atoms with Gasteiger partial charge in [-0.05, 0) is 12.1 Å². The van der Waals surface area contributed by atoms with Crippen LogP contribution in [0.4, 0.5) is 0 Å². The maximum Gasteiger partial charge on any atom is 0.215 e. The Hall–Kier alpha value is -0.720. The highest BCUT2D eigenvalue weighted by molar-refractivity contribution is 7.80. The second kappa shape index (κ2) is 6.18. The summed E-state index contributed by atoms with van der Waals surface area (Å²) in [4.78, 5) is 4.05. The van der Waals surface area contributed by atoms with Gasteiger partial charge in [-0.15, -0.1) is 0 Å². The zero-order chi connectivity index (χ0) is 14.9. The lowest BCUT2D eigenvalue weighted by atomic mass is 10.1. The molecular weight excluding hydrogens is 331 g/mol. The predicted molar refractivity (Wildman–Crippen MR) is 85.0 cm³/mol. The Bertz CT molecular complexity index is 623. The van der Waals surface area contributed by atoms with Crippen LogP contribution in [0.2, 0.25) is 10.0 Å². The highest BCUT2D eigenvalue weighted by atomic mass is 35.5. The summed E-state index contributed by atoms with van der Waals surface area (Å²) in [6.45, 7) is 0.926. The smallest absolute Gasteiger partial charge is 0.215 e. The monoisotopic (exact) mass is 344 g/mol. The Morgan fingerprint density at radius 3 is 2.90 bits per heavy atom. The third kappa shape index (κ3) is 3.07. The molecule has 1 saturated heterocycles. The summed E-state index contributed by atoms with van der Waals surface area (Å²) in [5.74, 6) is -0.368. The van der Waals surface area contributed by atoms with E-state index in [1.54, 1.807) is 24.7 Å². The molecule has 2 atom stereocenters. The van der Waals surface area contributed by atoms with Crippen molar-refractivity contribution in [1.29, 1.82) is 0 Å². The van der Waals surface area contributed by atoms with E-state index in [1.165, 1.54) is 0 Å². The number of hydrogen-bond acceptors (Lipinski definition) is 4. The van der Waals surface area contributed by atoms with E-state index in [9.17, 15) is 0 Å². The lowest BCUT2D eigenvalue weighted by Crippen LogP contribution is -2.34. The van der Waals surface area contributed by atoms with Gasteiger partial charge in [-0.2, -0.15) is 12.6 Å². The number of nitrogens with zero attached hydrogens (tertiary/aromatic N) is 2. The van der Waals surface area contributed by atoms with Gasteiger partial charge in [0.05, 0.1) is 30.6 Å². The summed E-state index contributed by atoms with van der Waals surface area (Å²) in [6, 6.07) is 5.30. The number of aromatic nitrogens is 2. The largest absolute Gasteiger partial charge is 0.342 e. The molecule has 1 aromatic carbocycles. The first-order valence-corrected chi connectivity index (χ1v) is 7.86. The van der Waals surface area contributed by atoms with Crippen LogP contribution in [0.1, 0.15) is 5.56 Å². The van der Waals surface area contributed by atoms with Crippen molar-refractivity contribution in [2.75, 3.05) is 12.4 Å². The van der Waals surface area contributed by atoms with Gasteiger partial charge in [-0.3, -0.25) is 0 Å². The quantitative estimate of drug-likeness (QED) is 0.863. The maximum atomic E-state index is 6.34. The molecule has 2 aromatic rings. The molecule has 0 amide bonds. The van der Waals surface area contributed by atoms with E-state index in [4.69, 9.17) is 32.7 Å². The molecule has 0 aliphatic carbocycles. The van der Waals surface area contributed by atoms with E-state index in [2.05, 4.69) is 17.6 Å². The van der Waals surface area contributed by atoms with Crippen molar-refractivity contribution < 1.29 is 9.47 Å². The van der Waals surface area contributed by atoms with E-state index < -0.39 is 5.79 Å². The highest BCUT2D eigenvalue weighted by Gasteiger charge is 2.44. The van der Waals surface area contributed by atoms with Crippen LogP contribution in [0.5, 0.6) is 0 Å². The zero-order valence-electron chi connectivity index (χ0n) is 11.1. The summed E-state index contributed by atoms with van der Waals surface area (Å²) in [7, 11) is 0. The molecule has 0 spiro atoms. The van der Waals surface area contributed by atoms with Crippen LogP contribution in [0, 0.1) is 0 Å². The molecule has 21 heavy (non-hydrogen) atoms. The second-order valence-corrected chi connectivity index (χ2v) is 6.05. The summed E-state index contributed by atoms with van der Waals surface area (Å²) >= 11 is 16.6. The summed E-state index contributed by atoms with van der Waals surface area (Å²) in [6.07, 6.45) is 5.20. The highest BCUT2D eigenvalue weighted by Crippen LogP contribution is 2.40. The lowest BCUT2D eigenvalue weighted by Gasteiger charge is -2.29. The first-order valence-electron chi connectivity index (χ1n) is 6.47.